The highest BCUT2D eigenvalue weighted by Crippen LogP contribution is 2.31. The van der Waals surface area contributed by atoms with Gasteiger partial charge >= 0.3 is 0 Å². The molecule has 1 atom stereocenters. The molecule has 2 aromatic heterocycles. The highest BCUT2D eigenvalue weighted by atomic mass is 35.5. The normalized spacial score (nSPS) is 18.8. The van der Waals surface area contributed by atoms with Crippen molar-refractivity contribution < 1.29 is 14.4 Å². The molecule has 3 saturated heterocycles. The highest BCUT2D eigenvalue weighted by molar-refractivity contribution is 7.17. The molecular formula is C37H42ClN9O3S. The largest absolute Gasteiger partial charge is 0.372 e. The molecule has 3 aliphatic heterocycles. The molecule has 3 N–H and O–H groups in total. The standard InChI is InChI=1S/C37H42ClN9O3S/c1-23-4-3-5-29(38)34(23)44-36(50)30-21-39-37(51-30)42-31-20-32(41-24(2)40-31)47-18-16-45(17-19-47)22-25-12-14-46(15-13-25)27-8-6-26(7-9-27)28-10-11-33(48)43-35(28)49/h3-9,20-21,25,28H,10-19,22H2,1-2H3,(H,44,50)(H,43,48,49)(H,39,40,41,42). The summed E-state index contributed by atoms with van der Waals surface area (Å²) in [5, 5.41) is 9.69. The highest BCUT2D eigenvalue weighted by Gasteiger charge is 2.29. The summed E-state index contributed by atoms with van der Waals surface area (Å²) in [7, 11) is 0. The number of halogens is 1. The van der Waals surface area contributed by atoms with Crippen molar-refractivity contribution in [2.24, 2.45) is 5.92 Å². The van der Waals surface area contributed by atoms with Crippen molar-refractivity contribution in [2.75, 3.05) is 66.2 Å². The number of nitrogens with one attached hydrogen (secondary N) is 3. The van der Waals surface area contributed by atoms with Crippen LogP contribution in [0.25, 0.3) is 0 Å². The fraction of sp³-hybridized carbons (Fsp3) is 0.405. The van der Waals surface area contributed by atoms with Gasteiger partial charge in [0.15, 0.2) is 5.13 Å². The molecule has 0 saturated carbocycles. The molecule has 3 amide bonds. The summed E-state index contributed by atoms with van der Waals surface area (Å²) in [6.45, 7) is 10.6. The van der Waals surface area contributed by atoms with E-state index < -0.39 is 0 Å². The summed E-state index contributed by atoms with van der Waals surface area (Å²) < 4.78 is 0. The van der Waals surface area contributed by atoms with Gasteiger partial charge in [0.1, 0.15) is 22.3 Å². The maximum atomic E-state index is 12.9. The number of thiazole rings is 1. The van der Waals surface area contributed by atoms with Crippen LogP contribution in [0.1, 0.15) is 58.2 Å². The van der Waals surface area contributed by atoms with Crippen molar-refractivity contribution >= 4 is 68.8 Å². The van der Waals surface area contributed by atoms with Gasteiger partial charge in [0, 0.05) is 64.0 Å². The summed E-state index contributed by atoms with van der Waals surface area (Å²) in [6, 6.07) is 15.8. The van der Waals surface area contributed by atoms with Crippen molar-refractivity contribution in [3.05, 3.63) is 81.6 Å². The maximum Gasteiger partial charge on any atom is 0.267 e. The number of nitrogens with zero attached hydrogens (tertiary/aromatic N) is 6. The van der Waals surface area contributed by atoms with Crippen LogP contribution in [0.2, 0.25) is 5.02 Å². The third kappa shape index (κ3) is 8.32. The summed E-state index contributed by atoms with van der Waals surface area (Å²) in [6.07, 6.45) is 4.81. The first kappa shape index (κ1) is 34.8. The number of carbonyl (C=O) groups excluding carboxylic acids is 3. The Morgan fingerprint density at radius 3 is 2.45 bits per heavy atom. The molecule has 2 aromatic carbocycles. The first-order chi connectivity index (χ1) is 24.7. The number of para-hydroxylation sites is 1. The van der Waals surface area contributed by atoms with Gasteiger partial charge in [-0.3, -0.25) is 24.6 Å². The Labute approximate surface area is 306 Å². The average Bonchev–Trinajstić information content (AvgIpc) is 3.59. The Balaban J connectivity index is 0.875. The number of anilines is 5. The number of hydrogen-bond donors (Lipinski definition) is 3. The van der Waals surface area contributed by atoms with Crippen LogP contribution in [0.3, 0.4) is 0 Å². The lowest BCUT2D eigenvalue weighted by molar-refractivity contribution is -0.134. The molecule has 1 unspecified atom stereocenters. The zero-order valence-corrected chi connectivity index (χ0v) is 30.4. The predicted octanol–water partition coefficient (Wildman–Crippen LogP) is 5.76. The lowest BCUT2D eigenvalue weighted by atomic mass is 9.90. The van der Waals surface area contributed by atoms with Crippen molar-refractivity contribution in [2.45, 2.75) is 45.4 Å². The maximum absolute atomic E-state index is 12.9. The molecule has 266 valence electrons. The third-order valence-corrected chi connectivity index (χ3v) is 11.2. The fourth-order valence-corrected chi connectivity index (χ4v) is 8.10. The van der Waals surface area contributed by atoms with Crippen LogP contribution in [0.5, 0.6) is 0 Å². The van der Waals surface area contributed by atoms with Crippen LogP contribution >= 0.6 is 22.9 Å². The molecule has 0 radical (unpaired) electrons. The van der Waals surface area contributed by atoms with Crippen LogP contribution < -0.4 is 25.8 Å². The molecule has 4 aromatic rings. The molecule has 0 spiro atoms. The summed E-state index contributed by atoms with van der Waals surface area (Å²) in [5.74, 6) is 1.96. The molecule has 5 heterocycles. The summed E-state index contributed by atoms with van der Waals surface area (Å²) in [4.78, 5) is 58.2. The molecule has 3 aliphatic rings. The number of carbonyl (C=O) groups is 3. The fourth-order valence-electron chi connectivity index (χ4n) is 7.12. The molecule has 0 aliphatic carbocycles. The lowest BCUT2D eigenvalue weighted by Crippen LogP contribution is -2.49. The number of piperidine rings is 2. The Kier molecular flexibility index (Phi) is 10.5. The molecule has 14 heteroatoms. The van der Waals surface area contributed by atoms with E-state index in [2.05, 4.69) is 52.8 Å². The minimum absolute atomic E-state index is 0.182. The first-order valence-corrected chi connectivity index (χ1v) is 18.7. The average molecular weight is 728 g/mol. The Morgan fingerprint density at radius 1 is 0.961 bits per heavy atom. The monoisotopic (exact) mass is 727 g/mol. The molecule has 0 bridgehead atoms. The second-order valence-electron chi connectivity index (χ2n) is 13.5. The Bertz CT molecular complexity index is 1880. The second kappa shape index (κ2) is 15.3. The van der Waals surface area contributed by atoms with E-state index in [-0.39, 0.29) is 23.6 Å². The smallest absolute Gasteiger partial charge is 0.267 e. The van der Waals surface area contributed by atoms with Crippen LogP contribution in [0.15, 0.2) is 54.7 Å². The van der Waals surface area contributed by atoms with Crippen molar-refractivity contribution in [1.82, 2.24) is 25.2 Å². The first-order valence-electron chi connectivity index (χ1n) is 17.5. The third-order valence-electron chi connectivity index (χ3n) is 9.98. The van der Waals surface area contributed by atoms with Gasteiger partial charge in [0.2, 0.25) is 11.8 Å². The van der Waals surface area contributed by atoms with E-state index >= 15 is 0 Å². The van der Waals surface area contributed by atoms with Crippen LogP contribution in [-0.2, 0) is 9.59 Å². The molecule has 7 rings (SSSR count). The van der Waals surface area contributed by atoms with E-state index in [9.17, 15) is 14.4 Å². The van der Waals surface area contributed by atoms with Gasteiger partial charge in [-0.25, -0.2) is 15.0 Å². The predicted molar refractivity (Wildman–Crippen MR) is 201 cm³/mol. The molecule has 12 nitrogen and oxygen atoms in total. The van der Waals surface area contributed by atoms with Crippen LogP contribution in [0.4, 0.5) is 28.1 Å². The van der Waals surface area contributed by atoms with Gasteiger partial charge in [-0.15, -0.1) is 0 Å². The van der Waals surface area contributed by atoms with Crippen molar-refractivity contribution in [3.63, 3.8) is 0 Å². The zero-order chi connectivity index (χ0) is 35.5. The van der Waals surface area contributed by atoms with Gasteiger partial charge < -0.3 is 20.4 Å². The zero-order valence-electron chi connectivity index (χ0n) is 28.8. The van der Waals surface area contributed by atoms with E-state index in [1.54, 1.807) is 12.3 Å². The van der Waals surface area contributed by atoms with E-state index in [0.29, 0.717) is 51.1 Å². The minimum Gasteiger partial charge on any atom is -0.372 e. The number of benzene rings is 2. The number of aromatic nitrogens is 3. The number of aryl methyl sites for hydroxylation is 2. The number of piperazine rings is 1. The van der Waals surface area contributed by atoms with E-state index in [1.165, 1.54) is 17.0 Å². The van der Waals surface area contributed by atoms with Gasteiger partial charge in [0.05, 0.1) is 22.8 Å². The topological polar surface area (TPSA) is 136 Å². The SMILES string of the molecule is Cc1nc(Nc2ncc(C(=O)Nc3c(C)cccc3Cl)s2)cc(N2CCN(CC3CCN(c4ccc(C5CCC(=O)NC5=O)cc4)CC3)CC2)n1. The molecule has 51 heavy (non-hydrogen) atoms. The quantitative estimate of drug-likeness (QED) is 0.183. The second-order valence-corrected chi connectivity index (χ2v) is 15.0. The lowest BCUT2D eigenvalue weighted by Gasteiger charge is -2.39. The van der Waals surface area contributed by atoms with Gasteiger partial charge in [-0.2, -0.15) is 0 Å². The minimum atomic E-state index is -0.266. The van der Waals surface area contributed by atoms with E-state index in [1.807, 2.05) is 44.2 Å². The number of hydrogen-bond acceptors (Lipinski definition) is 11. The van der Waals surface area contributed by atoms with Gasteiger partial charge in [-0.1, -0.05) is 47.2 Å². The number of imide groups is 1. The van der Waals surface area contributed by atoms with Crippen LogP contribution in [-0.4, -0.2) is 83.4 Å². The van der Waals surface area contributed by atoms with Gasteiger partial charge in [0.25, 0.3) is 5.91 Å². The van der Waals surface area contributed by atoms with Crippen molar-refractivity contribution in [1.29, 1.82) is 0 Å². The Hall–Kier alpha value is -4.59. The number of rotatable bonds is 9. The molecular weight excluding hydrogens is 686 g/mol. The van der Waals surface area contributed by atoms with E-state index in [4.69, 9.17) is 16.6 Å². The molecule has 3 fully saturated rings. The summed E-state index contributed by atoms with van der Waals surface area (Å²) >= 11 is 7.55. The van der Waals surface area contributed by atoms with Crippen LogP contribution in [0, 0.1) is 19.8 Å². The van der Waals surface area contributed by atoms with Gasteiger partial charge in [-0.05, 0) is 68.4 Å². The van der Waals surface area contributed by atoms with E-state index in [0.717, 1.165) is 75.6 Å². The summed E-state index contributed by atoms with van der Waals surface area (Å²) in [5.41, 5.74) is 3.65. The number of amides is 3. The van der Waals surface area contributed by atoms with Crippen molar-refractivity contribution in [3.8, 4) is 0 Å². The Morgan fingerprint density at radius 2 is 1.73 bits per heavy atom.